The minimum atomic E-state index is -3.41. The van der Waals surface area contributed by atoms with Crippen LogP contribution in [0.2, 0.25) is 5.02 Å². The maximum Gasteiger partial charge on any atom is 0.243 e. The molecule has 1 aromatic rings. The van der Waals surface area contributed by atoms with Crippen LogP contribution in [0.25, 0.3) is 0 Å². The molecule has 0 amide bonds. The van der Waals surface area contributed by atoms with E-state index >= 15 is 0 Å². The van der Waals surface area contributed by atoms with Gasteiger partial charge in [-0.1, -0.05) is 24.6 Å². The van der Waals surface area contributed by atoms with Gasteiger partial charge in [0.05, 0.1) is 4.90 Å². The van der Waals surface area contributed by atoms with E-state index in [2.05, 4.69) is 5.32 Å². The summed E-state index contributed by atoms with van der Waals surface area (Å²) in [6.07, 6.45) is 1.89. The molecular formula is C13H19ClN2O2S. The summed E-state index contributed by atoms with van der Waals surface area (Å²) in [4.78, 5) is 0.271. The van der Waals surface area contributed by atoms with Gasteiger partial charge in [-0.3, -0.25) is 0 Å². The van der Waals surface area contributed by atoms with Crippen LogP contribution >= 0.6 is 11.6 Å². The van der Waals surface area contributed by atoms with Crippen molar-refractivity contribution in [3.8, 4) is 0 Å². The highest BCUT2D eigenvalue weighted by Gasteiger charge is 2.35. The molecule has 0 atom stereocenters. The molecule has 0 radical (unpaired) electrons. The van der Waals surface area contributed by atoms with Gasteiger partial charge in [0.2, 0.25) is 10.0 Å². The Kier molecular flexibility index (Phi) is 4.50. The van der Waals surface area contributed by atoms with Crippen molar-refractivity contribution in [1.82, 2.24) is 9.62 Å². The Labute approximate surface area is 119 Å². The average Bonchev–Trinajstić information content (AvgIpc) is 3.20. The molecule has 1 N–H and O–H groups in total. The highest BCUT2D eigenvalue weighted by molar-refractivity contribution is 7.89. The summed E-state index contributed by atoms with van der Waals surface area (Å²) in [5.41, 5.74) is 0.913. The Bertz CT molecular complexity index is 556. The lowest BCUT2D eigenvalue weighted by atomic mass is 10.2. The summed E-state index contributed by atoms with van der Waals surface area (Å²) in [6, 6.07) is 5.11. The van der Waals surface area contributed by atoms with Gasteiger partial charge in [-0.15, -0.1) is 0 Å². The van der Waals surface area contributed by atoms with E-state index in [0.29, 0.717) is 11.6 Å². The lowest BCUT2D eigenvalue weighted by Gasteiger charge is -2.17. The van der Waals surface area contributed by atoms with Gasteiger partial charge in [-0.2, -0.15) is 4.31 Å². The molecule has 106 valence electrons. The van der Waals surface area contributed by atoms with E-state index in [0.717, 1.165) is 24.9 Å². The molecular weight excluding hydrogens is 284 g/mol. The molecule has 1 aromatic carbocycles. The number of hydrogen-bond acceptors (Lipinski definition) is 3. The van der Waals surface area contributed by atoms with Crippen molar-refractivity contribution in [1.29, 1.82) is 0 Å². The number of halogens is 1. The lowest BCUT2D eigenvalue weighted by Crippen LogP contribution is -2.29. The van der Waals surface area contributed by atoms with Crippen molar-refractivity contribution in [3.63, 3.8) is 0 Å². The summed E-state index contributed by atoms with van der Waals surface area (Å²) in [6.45, 7) is 3.51. The third-order valence-electron chi connectivity index (χ3n) is 3.33. The third kappa shape index (κ3) is 3.28. The minimum Gasteiger partial charge on any atom is -0.313 e. The zero-order valence-electron chi connectivity index (χ0n) is 11.2. The first-order valence-corrected chi connectivity index (χ1v) is 8.25. The number of hydrogen-bond donors (Lipinski definition) is 1. The van der Waals surface area contributed by atoms with Crippen molar-refractivity contribution in [3.05, 3.63) is 28.8 Å². The molecule has 6 heteroatoms. The first-order valence-electron chi connectivity index (χ1n) is 6.44. The molecule has 1 fully saturated rings. The molecule has 1 saturated carbocycles. The normalized spacial score (nSPS) is 16.0. The van der Waals surface area contributed by atoms with Gasteiger partial charge in [0.15, 0.2) is 0 Å². The van der Waals surface area contributed by atoms with Crippen molar-refractivity contribution in [2.75, 3.05) is 13.6 Å². The van der Waals surface area contributed by atoms with Crippen LogP contribution in [-0.4, -0.2) is 32.4 Å². The standard InChI is InChI=1S/C13H19ClN2O2S/c1-3-15-9-10-4-7-12(8-13(10)14)19(17,18)16(2)11-5-6-11/h4,7-8,11,15H,3,5-6,9H2,1-2H3. The summed E-state index contributed by atoms with van der Waals surface area (Å²) in [5.74, 6) is 0. The maximum absolute atomic E-state index is 12.3. The molecule has 1 aliphatic carbocycles. The number of rotatable bonds is 6. The van der Waals surface area contributed by atoms with Crippen molar-refractivity contribution in [2.24, 2.45) is 0 Å². The SMILES string of the molecule is CCNCc1ccc(S(=O)(=O)N(C)C2CC2)cc1Cl. The fourth-order valence-electron chi connectivity index (χ4n) is 1.89. The molecule has 1 aliphatic rings. The Morgan fingerprint density at radius 3 is 2.63 bits per heavy atom. The molecule has 2 rings (SSSR count). The third-order valence-corrected chi connectivity index (χ3v) is 5.59. The molecule has 4 nitrogen and oxygen atoms in total. The molecule has 0 bridgehead atoms. The van der Waals surface area contributed by atoms with Gasteiger partial charge in [-0.05, 0) is 37.1 Å². The van der Waals surface area contributed by atoms with Crippen LogP contribution in [0.3, 0.4) is 0 Å². The fourth-order valence-corrected chi connectivity index (χ4v) is 3.65. The molecule has 19 heavy (non-hydrogen) atoms. The van der Waals surface area contributed by atoms with E-state index < -0.39 is 10.0 Å². The van der Waals surface area contributed by atoms with Gasteiger partial charge in [0.25, 0.3) is 0 Å². The Hall–Kier alpha value is -0.620. The highest BCUT2D eigenvalue weighted by Crippen LogP contribution is 2.31. The van der Waals surface area contributed by atoms with Crippen LogP contribution in [-0.2, 0) is 16.6 Å². The van der Waals surface area contributed by atoms with Gasteiger partial charge in [0.1, 0.15) is 0 Å². The number of benzene rings is 1. The monoisotopic (exact) mass is 302 g/mol. The summed E-state index contributed by atoms with van der Waals surface area (Å²) in [7, 11) is -1.77. The molecule has 0 unspecified atom stereocenters. The fraction of sp³-hybridized carbons (Fsp3) is 0.538. The predicted octanol–water partition coefficient (Wildman–Crippen LogP) is 2.23. The molecule has 0 aromatic heterocycles. The van der Waals surface area contributed by atoms with Crippen LogP contribution < -0.4 is 5.32 Å². The molecule has 0 saturated heterocycles. The second kappa shape index (κ2) is 5.79. The van der Waals surface area contributed by atoms with Crippen LogP contribution in [0.1, 0.15) is 25.3 Å². The van der Waals surface area contributed by atoms with Crippen LogP contribution in [0, 0.1) is 0 Å². The minimum absolute atomic E-state index is 0.158. The van der Waals surface area contributed by atoms with Crippen LogP contribution in [0.5, 0.6) is 0 Å². The van der Waals surface area contributed by atoms with Crippen molar-refractivity contribution >= 4 is 21.6 Å². The molecule has 0 aliphatic heterocycles. The molecule has 0 spiro atoms. The van der Waals surface area contributed by atoms with Crippen LogP contribution in [0.15, 0.2) is 23.1 Å². The number of nitrogens with zero attached hydrogens (tertiary/aromatic N) is 1. The van der Waals surface area contributed by atoms with E-state index in [4.69, 9.17) is 11.6 Å². The van der Waals surface area contributed by atoms with E-state index in [-0.39, 0.29) is 10.9 Å². The second-order valence-electron chi connectivity index (χ2n) is 4.79. The zero-order chi connectivity index (χ0) is 14.0. The molecule has 0 heterocycles. The van der Waals surface area contributed by atoms with Crippen LogP contribution in [0.4, 0.5) is 0 Å². The van der Waals surface area contributed by atoms with Crippen molar-refractivity contribution in [2.45, 2.75) is 37.2 Å². The quantitative estimate of drug-likeness (QED) is 0.877. The number of sulfonamides is 1. The topological polar surface area (TPSA) is 49.4 Å². The van der Waals surface area contributed by atoms with Gasteiger partial charge >= 0.3 is 0 Å². The van der Waals surface area contributed by atoms with Gasteiger partial charge < -0.3 is 5.32 Å². The smallest absolute Gasteiger partial charge is 0.243 e. The summed E-state index contributed by atoms with van der Waals surface area (Å²) in [5, 5.41) is 3.66. The first-order chi connectivity index (χ1) is 8.96. The summed E-state index contributed by atoms with van der Waals surface area (Å²) >= 11 is 6.15. The second-order valence-corrected chi connectivity index (χ2v) is 7.19. The summed E-state index contributed by atoms with van der Waals surface area (Å²) < 4.78 is 26.1. The lowest BCUT2D eigenvalue weighted by molar-refractivity contribution is 0.464. The highest BCUT2D eigenvalue weighted by atomic mass is 35.5. The van der Waals surface area contributed by atoms with Gasteiger partial charge in [0, 0.05) is 24.7 Å². The zero-order valence-corrected chi connectivity index (χ0v) is 12.8. The van der Waals surface area contributed by atoms with Crippen molar-refractivity contribution < 1.29 is 8.42 Å². The largest absolute Gasteiger partial charge is 0.313 e. The van der Waals surface area contributed by atoms with E-state index in [1.807, 2.05) is 6.92 Å². The Balaban J connectivity index is 2.23. The number of nitrogens with one attached hydrogen (secondary N) is 1. The van der Waals surface area contributed by atoms with E-state index in [1.54, 1.807) is 25.2 Å². The maximum atomic E-state index is 12.3. The van der Waals surface area contributed by atoms with Gasteiger partial charge in [-0.25, -0.2) is 8.42 Å². The van der Waals surface area contributed by atoms with E-state index in [9.17, 15) is 8.42 Å². The predicted molar refractivity (Wildman–Crippen MR) is 76.8 cm³/mol. The average molecular weight is 303 g/mol. The first kappa shape index (κ1) is 14.8. The van der Waals surface area contributed by atoms with E-state index in [1.165, 1.54) is 4.31 Å². The Morgan fingerprint density at radius 2 is 2.11 bits per heavy atom. The Morgan fingerprint density at radius 1 is 1.42 bits per heavy atom.